The molecule has 2 rings (SSSR count). The molecule has 0 aliphatic rings. The zero-order chi connectivity index (χ0) is 13.8. The van der Waals surface area contributed by atoms with Gasteiger partial charge in [0.2, 0.25) is 0 Å². The largest absolute Gasteiger partial charge is 0.204 e. The van der Waals surface area contributed by atoms with Crippen LogP contribution in [0.1, 0.15) is 23.4 Å². The van der Waals surface area contributed by atoms with Gasteiger partial charge in [-0.25, -0.2) is 8.78 Å². The summed E-state index contributed by atoms with van der Waals surface area (Å²) in [4.78, 5) is 0. The Morgan fingerprint density at radius 2 is 1.68 bits per heavy atom. The highest BCUT2D eigenvalue weighted by molar-refractivity contribution is 6.21. The van der Waals surface area contributed by atoms with E-state index in [2.05, 4.69) is 0 Å². The van der Waals surface area contributed by atoms with E-state index < -0.39 is 11.6 Å². The smallest absolute Gasteiger partial charge is 0.162 e. The maximum Gasteiger partial charge on any atom is 0.162 e. The third-order valence-corrected chi connectivity index (χ3v) is 3.87. The van der Waals surface area contributed by atoms with E-state index in [-0.39, 0.29) is 11.3 Å². The molecule has 0 saturated heterocycles. The summed E-state index contributed by atoms with van der Waals surface area (Å²) in [6.45, 7) is 1.94. The molecule has 2 aromatic rings. The molecule has 2 atom stereocenters. The van der Waals surface area contributed by atoms with Crippen molar-refractivity contribution in [2.75, 3.05) is 0 Å². The van der Waals surface area contributed by atoms with Crippen molar-refractivity contribution in [2.24, 2.45) is 5.92 Å². The summed E-state index contributed by atoms with van der Waals surface area (Å²) in [6.07, 6.45) is 0.409. The van der Waals surface area contributed by atoms with E-state index in [1.54, 1.807) is 6.07 Å². The van der Waals surface area contributed by atoms with Crippen molar-refractivity contribution >= 4 is 11.6 Å². The Balaban J connectivity index is 2.13. The van der Waals surface area contributed by atoms with Crippen LogP contribution in [0.25, 0.3) is 0 Å². The van der Waals surface area contributed by atoms with E-state index in [9.17, 15) is 8.78 Å². The van der Waals surface area contributed by atoms with Crippen molar-refractivity contribution in [3.8, 4) is 0 Å². The van der Waals surface area contributed by atoms with Gasteiger partial charge in [0.25, 0.3) is 0 Å². The summed E-state index contributed by atoms with van der Waals surface area (Å²) in [6, 6.07) is 13.9. The van der Waals surface area contributed by atoms with E-state index in [0.717, 1.165) is 11.6 Å². The molecule has 0 N–H and O–H groups in total. The van der Waals surface area contributed by atoms with Gasteiger partial charge in [-0.3, -0.25) is 0 Å². The lowest BCUT2D eigenvalue weighted by atomic mass is 9.93. The summed E-state index contributed by atoms with van der Waals surface area (Å²) in [5, 5.41) is -0.219. The van der Waals surface area contributed by atoms with Crippen molar-refractivity contribution in [1.29, 1.82) is 0 Å². The van der Waals surface area contributed by atoms with Gasteiger partial charge >= 0.3 is 0 Å². The molecule has 0 spiro atoms. The number of benzene rings is 2. The third kappa shape index (κ3) is 3.32. The number of halogens is 3. The average molecular weight is 281 g/mol. The van der Waals surface area contributed by atoms with Crippen LogP contribution in [0.3, 0.4) is 0 Å². The lowest BCUT2D eigenvalue weighted by Crippen LogP contribution is -2.09. The average Bonchev–Trinajstić information content (AvgIpc) is 2.44. The van der Waals surface area contributed by atoms with Gasteiger partial charge in [0.1, 0.15) is 0 Å². The fraction of sp³-hybridized carbons (Fsp3) is 0.250. The molecule has 0 radical (unpaired) electrons. The minimum atomic E-state index is -0.810. The highest BCUT2D eigenvalue weighted by atomic mass is 35.5. The summed E-state index contributed by atoms with van der Waals surface area (Å²) in [7, 11) is 0. The molecule has 2 unspecified atom stereocenters. The second-order valence-corrected chi connectivity index (χ2v) is 5.18. The van der Waals surface area contributed by atoms with Gasteiger partial charge in [-0.1, -0.05) is 49.4 Å². The summed E-state index contributed by atoms with van der Waals surface area (Å²) in [5.41, 5.74) is 1.36. The summed E-state index contributed by atoms with van der Waals surface area (Å²) >= 11 is 6.38. The van der Waals surface area contributed by atoms with Crippen molar-refractivity contribution < 1.29 is 8.78 Å². The highest BCUT2D eigenvalue weighted by Gasteiger charge is 2.19. The standard InChI is InChI=1S/C16H15ClF2/c1-11(15(17)12-6-3-2-4-7-12)10-13-8-5-9-14(18)16(13)19/h2-9,11,15H,10H2,1H3. The fourth-order valence-corrected chi connectivity index (χ4v) is 2.36. The van der Waals surface area contributed by atoms with Crippen LogP contribution in [0.2, 0.25) is 0 Å². The maximum atomic E-state index is 13.6. The van der Waals surface area contributed by atoms with Gasteiger partial charge in [-0.15, -0.1) is 11.6 Å². The zero-order valence-electron chi connectivity index (χ0n) is 10.6. The Morgan fingerprint density at radius 1 is 1.00 bits per heavy atom. The Kier molecular flexibility index (Phi) is 4.54. The maximum absolute atomic E-state index is 13.6. The van der Waals surface area contributed by atoms with Gasteiger partial charge in [-0.2, -0.15) is 0 Å². The van der Waals surface area contributed by atoms with Crippen molar-refractivity contribution in [3.63, 3.8) is 0 Å². The van der Waals surface area contributed by atoms with Crippen LogP contribution < -0.4 is 0 Å². The Morgan fingerprint density at radius 3 is 2.37 bits per heavy atom. The van der Waals surface area contributed by atoms with Gasteiger partial charge in [0.15, 0.2) is 11.6 Å². The van der Waals surface area contributed by atoms with Crippen molar-refractivity contribution in [1.82, 2.24) is 0 Å². The monoisotopic (exact) mass is 280 g/mol. The third-order valence-electron chi connectivity index (χ3n) is 3.19. The molecule has 2 aromatic carbocycles. The molecule has 19 heavy (non-hydrogen) atoms. The molecular formula is C16H15ClF2. The van der Waals surface area contributed by atoms with Crippen LogP contribution in [-0.4, -0.2) is 0 Å². The molecule has 0 aliphatic carbocycles. The Labute approximate surface area is 117 Å². The number of rotatable bonds is 4. The molecule has 0 fully saturated rings. The SMILES string of the molecule is CC(Cc1cccc(F)c1F)C(Cl)c1ccccc1. The predicted octanol–water partition coefficient (Wildman–Crippen LogP) is 5.12. The molecule has 0 amide bonds. The quantitative estimate of drug-likeness (QED) is 0.682. The van der Waals surface area contributed by atoms with E-state index in [4.69, 9.17) is 11.6 Å². The lowest BCUT2D eigenvalue weighted by Gasteiger charge is -2.18. The van der Waals surface area contributed by atoms with E-state index in [0.29, 0.717) is 12.0 Å². The van der Waals surface area contributed by atoms with E-state index >= 15 is 0 Å². The van der Waals surface area contributed by atoms with Crippen LogP contribution in [0.4, 0.5) is 8.78 Å². The van der Waals surface area contributed by atoms with E-state index in [1.807, 2.05) is 37.3 Å². The Bertz CT molecular complexity index is 540. The van der Waals surface area contributed by atoms with Crippen molar-refractivity contribution in [3.05, 3.63) is 71.3 Å². The van der Waals surface area contributed by atoms with Gasteiger partial charge in [-0.05, 0) is 29.5 Å². The lowest BCUT2D eigenvalue weighted by molar-refractivity contribution is 0.479. The summed E-state index contributed by atoms with van der Waals surface area (Å²) < 4.78 is 26.8. The van der Waals surface area contributed by atoms with Crippen LogP contribution >= 0.6 is 11.6 Å². The van der Waals surface area contributed by atoms with Crippen LogP contribution in [0.5, 0.6) is 0 Å². The molecule has 0 heterocycles. The first kappa shape index (κ1) is 14.0. The number of hydrogen-bond donors (Lipinski definition) is 0. The summed E-state index contributed by atoms with van der Waals surface area (Å²) in [5.74, 6) is -1.57. The predicted molar refractivity (Wildman–Crippen MR) is 74.3 cm³/mol. The van der Waals surface area contributed by atoms with Gasteiger partial charge < -0.3 is 0 Å². The van der Waals surface area contributed by atoms with Crippen molar-refractivity contribution in [2.45, 2.75) is 18.7 Å². The molecule has 0 aliphatic heterocycles. The first-order valence-corrected chi connectivity index (χ1v) is 6.65. The molecule has 0 nitrogen and oxygen atoms in total. The molecule has 0 bridgehead atoms. The molecule has 100 valence electrons. The first-order valence-electron chi connectivity index (χ1n) is 6.21. The fourth-order valence-electron chi connectivity index (χ4n) is 2.12. The second-order valence-electron chi connectivity index (χ2n) is 4.71. The molecular weight excluding hydrogens is 266 g/mol. The highest BCUT2D eigenvalue weighted by Crippen LogP contribution is 2.31. The Hall–Kier alpha value is -1.41. The zero-order valence-corrected chi connectivity index (χ0v) is 11.4. The number of hydrogen-bond acceptors (Lipinski definition) is 0. The van der Waals surface area contributed by atoms with Crippen LogP contribution in [-0.2, 0) is 6.42 Å². The van der Waals surface area contributed by atoms with Gasteiger partial charge in [0, 0.05) is 0 Å². The molecule has 0 aromatic heterocycles. The minimum absolute atomic E-state index is 0.0142. The second kappa shape index (κ2) is 6.16. The van der Waals surface area contributed by atoms with Crippen LogP contribution in [0.15, 0.2) is 48.5 Å². The van der Waals surface area contributed by atoms with E-state index in [1.165, 1.54) is 6.07 Å². The van der Waals surface area contributed by atoms with Gasteiger partial charge in [0.05, 0.1) is 5.38 Å². The topological polar surface area (TPSA) is 0 Å². The normalized spacial score (nSPS) is 14.1. The van der Waals surface area contributed by atoms with Crippen LogP contribution in [0, 0.1) is 17.6 Å². The molecule has 0 saturated carbocycles. The minimum Gasteiger partial charge on any atom is -0.204 e. The number of alkyl halides is 1. The first-order chi connectivity index (χ1) is 9.09. The molecule has 3 heteroatoms.